The molecule has 9 heteroatoms. The number of pyridine rings is 1. The molecule has 2 atom stereocenters. The van der Waals surface area contributed by atoms with Gasteiger partial charge in [-0.2, -0.15) is 0 Å². The molecule has 140 valence electrons. The molecule has 0 saturated carbocycles. The fourth-order valence-corrected chi connectivity index (χ4v) is 3.79. The van der Waals surface area contributed by atoms with Gasteiger partial charge in [-0.05, 0) is 36.6 Å². The largest absolute Gasteiger partial charge is 0.391 e. The molecule has 1 saturated heterocycles. The summed E-state index contributed by atoms with van der Waals surface area (Å²) in [6.45, 7) is 3.13. The first-order valence-electron chi connectivity index (χ1n) is 8.12. The second-order valence-electron chi connectivity index (χ2n) is 6.40. The minimum absolute atomic E-state index is 0.128. The summed E-state index contributed by atoms with van der Waals surface area (Å²) in [6.07, 6.45) is 1.53. The Hall–Kier alpha value is -2.26. The quantitative estimate of drug-likeness (QED) is 0.847. The molecule has 0 bridgehead atoms. The highest BCUT2D eigenvalue weighted by atomic mass is 32.2. The normalized spacial score (nSPS) is 20.8. The lowest BCUT2D eigenvalue weighted by atomic mass is 9.96. The Bertz CT molecular complexity index is 870. The molecular formula is C17H19F2N3O3S. The highest BCUT2D eigenvalue weighted by molar-refractivity contribution is 7.92. The molecule has 2 heterocycles. The molecule has 0 radical (unpaired) electrons. The number of halogens is 2. The van der Waals surface area contributed by atoms with Gasteiger partial charge in [-0.15, -0.1) is 0 Å². The Morgan fingerprint density at radius 2 is 1.92 bits per heavy atom. The zero-order valence-corrected chi connectivity index (χ0v) is 14.9. The van der Waals surface area contributed by atoms with Crippen LogP contribution in [0.2, 0.25) is 0 Å². The number of sulfonamides is 1. The van der Waals surface area contributed by atoms with Gasteiger partial charge in [0, 0.05) is 25.4 Å². The molecule has 0 amide bonds. The lowest BCUT2D eigenvalue weighted by molar-refractivity contribution is 0.102. The third kappa shape index (κ3) is 4.10. The lowest BCUT2D eigenvalue weighted by Gasteiger charge is -2.35. The van der Waals surface area contributed by atoms with E-state index in [-0.39, 0.29) is 16.5 Å². The predicted octanol–water partition coefficient (Wildman–Crippen LogP) is 2.37. The number of hydrogen-bond acceptors (Lipinski definition) is 5. The standard InChI is InChI=1S/C17H19F2N3O3S/c1-11-4-5-22(10-16(11)23)17-3-2-15(9-20-17)26(24,25)21-14-7-12(18)6-13(19)8-14/h2-3,6-9,11,16,21,23H,4-5,10H2,1H3. The van der Waals surface area contributed by atoms with Crippen LogP contribution in [0.4, 0.5) is 20.3 Å². The van der Waals surface area contributed by atoms with Crippen molar-refractivity contribution in [3.63, 3.8) is 0 Å². The van der Waals surface area contributed by atoms with Gasteiger partial charge in [0.1, 0.15) is 22.3 Å². The van der Waals surface area contributed by atoms with Crippen molar-refractivity contribution in [2.75, 3.05) is 22.7 Å². The van der Waals surface area contributed by atoms with E-state index in [1.54, 1.807) is 6.07 Å². The van der Waals surface area contributed by atoms with Crippen molar-refractivity contribution < 1.29 is 22.3 Å². The number of anilines is 2. The van der Waals surface area contributed by atoms with Gasteiger partial charge in [-0.1, -0.05) is 6.92 Å². The summed E-state index contributed by atoms with van der Waals surface area (Å²) in [7, 11) is -4.03. The van der Waals surface area contributed by atoms with Crippen LogP contribution in [0.25, 0.3) is 0 Å². The number of aliphatic hydroxyl groups is 1. The summed E-state index contributed by atoms with van der Waals surface area (Å²) in [6, 6.07) is 5.34. The zero-order valence-electron chi connectivity index (χ0n) is 14.1. The number of aromatic nitrogens is 1. The van der Waals surface area contributed by atoms with Crippen molar-refractivity contribution in [3.8, 4) is 0 Å². The number of benzene rings is 1. The molecule has 3 rings (SSSR count). The molecule has 1 aromatic carbocycles. The average molecular weight is 383 g/mol. The molecule has 6 nitrogen and oxygen atoms in total. The van der Waals surface area contributed by atoms with E-state index in [0.717, 1.165) is 25.1 Å². The number of hydrogen-bond donors (Lipinski definition) is 2. The summed E-state index contributed by atoms with van der Waals surface area (Å²) >= 11 is 0. The molecular weight excluding hydrogens is 364 g/mol. The highest BCUT2D eigenvalue weighted by Gasteiger charge is 2.25. The molecule has 0 aliphatic carbocycles. The van der Waals surface area contributed by atoms with Crippen LogP contribution in [-0.2, 0) is 10.0 Å². The predicted molar refractivity (Wildman–Crippen MR) is 93.4 cm³/mol. The Balaban J connectivity index is 1.76. The van der Waals surface area contributed by atoms with Crippen LogP contribution in [0.15, 0.2) is 41.4 Å². The van der Waals surface area contributed by atoms with Crippen molar-refractivity contribution in [3.05, 3.63) is 48.2 Å². The Morgan fingerprint density at radius 1 is 1.23 bits per heavy atom. The molecule has 0 spiro atoms. The van der Waals surface area contributed by atoms with Crippen molar-refractivity contribution in [1.29, 1.82) is 0 Å². The second-order valence-corrected chi connectivity index (χ2v) is 8.08. The van der Waals surface area contributed by atoms with Gasteiger partial charge in [-0.25, -0.2) is 22.2 Å². The van der Waals surface area contributed by atoms with E-state index in [1.807, 2.05) is 11.8 Å². The van der Waals surface area contributed by atoms with Gasteiger partial charge in [0.25, 0.3) is 10.0 Å². The van der Waals surface area contributed by atoms with Crippen molar-refractivity contribution in [1.82, 2.24) is 4.98 Å². The molecule has 2 unspecified atom stereocenters. The lowest BCUT2D eigenvalue weighted by Crippen LogP contribution is -2.43. The van der Waals surface area contributed by atoms with Gasteiger partial charge in [0.05, 0.1) is 11.8 Å². The third-order valence-corrected chi connectivity index (χ3v) is 5.75. The number of aliphatic hydroxyl groups excluding tert-OH is 1. The van der Waals surface area contributed by atoms with E-state index >= 15 is 0 Å². The summed E-state index contributed by atoms with van der Waals surface area (Å²) in [5.74, 6) is -0.989. The van der Waals surface area contributed by atoms with Crippen LogP contribution in [0.3, 0.4) is 0 Å². The molecule has 1 fully saturated rings. The fourth-order valence-electron chi connectivity index (χ4n) is 2.80. The maximum Gasteiger partial charge on any atom is 0.263 e. The number of β-amino-alcohol motifs (C(OH)–C–C–N with tert-alkyl or cyclic N) is 1. The average Bonchev–Trinajstić information content (AvgIpc) is 2.56. The summed E-state index contributed by atoms with van der Waals surface area (Å²) in [4.78, 5) is 5.91. The first-order chi connectivity index (χ1) is 12.2. The Labute approximate surface area is 150 Å². The zero-order chi connectivity index (χ0) is 18.9. The number of rotatable bonds is 4. The molecule has 1 aliphatic rings. The maximum atomic E-state index is 13.2. The fraction of sp³-hybridized carbons (Fsp3) is 0.353. The van der Waals surface area contributed by atoms with E-state index in [0.29, 0.717) is 18.4 Å². The maximum absolute atomic E-state index is 13.2. The number of nitrogens with zero attached hydrogens (tertiary/aromatic N) is 2. The van der Waals surface area contributed by atoms with E-state index in [1.165, 1.54) is 12.3 Å². The van der Waals surface area contributed by atoms with Crippen LogP contribution in [0.1, 0.15) is 13.3 Å². The SMILES string of the molecule is CC1CCN(c2ccc(S(=O)(=O)Nc3cc(F)cc(F)c3)cn2)CC1O. The topological polar surface area (TPSA) is 82.5 Å². The highest BCUT2D eigenvalue weighted by Crippen LogP contribution is 2.23. The first kappa shape index (κ1) is 18.5. The summed E-state index contributed by atoms with van der Waals surface area (Å²) in [5.41, 5.74) is -0.209. The van der Waals surface area contributed by atoms with E-state index in [2.05, 4.69) is 9.71 Å². The van der Waals surface area contributed by atoms with Crippen molar-refractivity contribution in [2.45, 2.75) is 24.3 Å². The second kappa shape index (κ2) is 7.16. The Morgan fingerprint density at radius 3 is 2.50 bits per heavy atom. The van der Waals surface area contributed by atoms with Gasteiger partial charge in [0.15, 0.2) is 0 Å². The third-order valence-electron chi connectivity index (χ3n) is 4.39. The van der Waals surface area contributed by atoms with Gasteiger partial charge in [-0.3, -0.25) is 4.72 Å². The molecule has 26 heavy (non-hydrogen) atoms. The summed E-state index contributed by atoms with van der Waals surface area (Å²) in [5, 5.41) is 9.97. The number of nitrogens with one attached hydrogen (secondary N) is 1. The van der Waals surface area contributed by atoms with E-state index < -0.39 is 27.8 Å². The molecule has 1 aromatic heterocycles. The van der Waals surface area contributed by atoms with Crippen LogP contribution < -0.4 is 9.62 Å². The first-order valence-corrected chi connectivity index (χ1v) is 9.61. The van der Waals surface area contributed by atoms with Crippen LogP contribution in [0.5, 0.6) is 0 Å². The van der Waals surface area contributed by atoms with E-state index in [9.17, 15) is 22.3 Å². The minimum Gasteiger partial charge on any atom is -0.391 e. The number of piperidine rings is 1. The molecule has 2 aromatic rings. The monoisotopic (exact) mass is 383 g/mol. The summed E-state index contributed by atoms with van der Waals surface area (Å²) < 4.78 is 53.3. The van der Waals surface area contributed by atoms with Crippen LogP contribution in [0, 0.1) is 17.6 Å². The molecule has 2 N–H and O–H groups in total. The van der Waals surface area contributed by atoms with Gasteiger partial charge >= 0.3 is 0 Å². The minimum atomic E-state index is -4.03. The Kier molecular flexibility index (Phi) is 5.10. The van der Waals surface area contributed by atoms with Crippen molar-refractivity contribution in [2.24, 2.45) is 5.92 Å². The smallest absolute Gasteiger partial charge is 0.263 e. The van der Waals surface area contributed by atoms with Crippen LogP contribution >= 0.6 is 0 Å². The van der Waals surface area contributed by atoms with Gasteiger partial charge < -0.3 is 10.0 Å². The van der Waals surface area contributed by atoms with Gasteiger partial charge in [0.2, 0.25) is 0 Å². The van der Waals surface area contributed by atoms with E-state index in [4.69, 9.17) is 0 Å². The van der Waals surface area contributed by atoms with Crippen LogP contribution in [-0.4, -0.2) is 37.7 Å². The van der Waals surface area contributed by atoms with Crippen molar-refractivity contribution >= 4 is 21.5 Å². The molecule has 1 aliphatic heterocycles.